The van der Waals surface area contributed by atoms with Crippen LogP contribution in [-0.2, 0) is 6.54 Å². The average Bonchev–Trinajstić information content (AvgIpc) is 2.34. The van der Waals surface area contributed by atoms with Crippen LogP contribution in [0.3, 0.4) is 0 Å². The number of aromatic nitrogens is 2. The van der Waals surface area contributed by atoms with Gasteiger partial charge in [0.1, 0.15) is 10.2 Å². The summed E-state index contributed by atoms with van der Waals surface area (Å²) in [6, 6.07) is 0. The van der Waals surface area contributed by atoms with E-state index in [0.29, 0.717) is 4.60 Å². The van der Waals surface area contributed by atoms with Crippen molar-refractivity contribution in [2.75, 3.05) is 0 Å². The van der Waals surface area contributed by atoms with Gasteiger partial charge in [-0.15, -0.1) is 0 Å². The van der Waals surface area contributed by atoms with Crippen molar-refractivity contribution in [2.24, 2.45) is 0 Å². The third-order valence-electron chi connectivity index (χ3n) is 1.44. The number of carboxylic acids is 1. The second kappa shape index (κ2) is 3.71. The lowest BCUT2D eigenvalue weighted by molar-refractivity contribution is 0.0695. The quantitative estimate of drug-likeness (QED) is 0.865. The minimum atomic E-state index is -0.954. The zero-order valence-electron chi connectivity index (χ0n) is 6.62. The maximum Gasteiger partial charge on any atom is 0.340 e. The molecule has 1 aromatic rings. The minimum Gasteiger partial charge on any atom is -0.478 e. The Kier molecular flexibility index (Phi) is 2.86. The number of rotatable bonds is 3. The summed E-state index contributed by atoms with van der Waals surface area (Å²) in [6.07, 6.45) is 2.28. The van der Waals surface area contributed by atoms with Gasteiger partial charge in [-0.1, -0.05) is 6.92 Å². The highest BCUT2D eigenvalue weighted by Gasteiger charge is 2.12. The van der Waals surface area contributed by atoms with E-state index in [4.69, 9.17) is 5.11 Å². The maximum absolute atomic E-state index is 10.6. The lowest BCUT2D eigenvalue weighted by Gasteiger charge is -1.98. The molecule has 1 rings (SSSR count). The van der Waals surface area contributed by atoms with E-state index in [2.05, 4.69) is 21.0 Å². The number of carboxylic acid groups (broad SMARTS) is 1. The van der Waals surface area contributed by atoms with Gasteiger partial charge >= 0.3 is 5.97 Å². The largest absolute Gasteiger partial charge is 0.478 e. The summed E-state index contributed by atoms with van der Waals surface area (Å²) in [5, 5.41) is 12.6. The Morgan fingerprint density at radius 3 is 2.92 bits per heavy atom. The topological polar surface area (TPSA) is 55.1 Å². The maximum atomic E-state index is 10.6. The van der Waals surface area contributed by atoms with Crippen LogP contribution in [0.4, 0.5) is 0 Å². The number of hydrogen-bond acceptors (Lipinski definition) is 2. The Hall–Kier alpha value is -0.840. The fraction of sp³-hybridized carbons (Fsp3) is 0.429. The highest BCUT2D eigenvalue weighted by Crippen LogP contribution is 2.16. The zero-order valence-corrected chi connectivity index (χ0v) is 8.21. The molecule has 1 N–H and O–H groups in total. The van der Waals surface area contributed by atoms with Gasteiger partial charge in [-0.3, -0.25) is 4.68 Å². The van der Waals surface area contributed by atoms with Gasteiger partial charge in [-0.25, -0.2) is 4.79 Å². The molecule has 0 saturated heterocycles. The molecule has 0 bridgehead atoms. The Balaban J connectivity index is 2.96. The third kappa shape index (κ3) is 1.66. The van der Waals surface area contributed by atoms with Crippen molar-refractivity contribution in [3.8, 4) is 0 Å². The molecule has 0 unspecified atom stereocenters. The highest BCUT2D eigenvalue weighted by molar-refractivity contribution is 9.10. The number of halogens is 1. The van der Waals surface area contributed by atoms with Crippen molar-refractivity contribution in [2.45, 2.75) is 19.9 Å². The Morgan fingerprint density at radius 2 is 2.50 bits per heavy atom. The molecule has 0 fully saturated rings. The first-order chi connectivity index (χ1) is 5.66. The molecule has 0 radical (unpaired) electrons. The van der Waals surface area contributed by atoms with Crippen LogP contribution in [0, 0.1) is 0 Å². The Morgan fingerprint density at radius 1 is 1.83 bits per heavy atom. The molecule has 66 valence electrons. The lowest BCUT2D eigenvalue weighted by Crippen LogP contribution is -2.00. The molecule has 0 atom stereocenters. The van der Waals surface area contributed by atoms with E-state index in [1.807, 2.05) is 6.92 Å². The van der Waals surface area contributed by atoms with Crippen molar-refractivity contribution in [1.82, 2.24) is 9.78 Å². The van der Waals surface area contributed by atoms with E-state index in [-0.39, 0.29) is 5.56 Å². The van der Waals surface area contributed by atoms with Crippen molar-refractivity contribution in [3.05, 3.63) is 16.4 Å². The van der Waals surface area contributed by atoms with Crippen molar-refractivity contribution < 1.29 is 9.90 Å². The van der Waals surface area contributed by atoms with Crippen LogP contribution in [0.1, 0.15) is 23.7 Å². The summed E-state index contributed by atoms with van der Waals surface area (Å²) in [6.45, 7) is 2.74. The second-order valence-electron chi connectivity index (χ2n) is 2.38. The van der Waals surface area contributed by atoms with Gasteiger partial charge in [-0.2, -0.15) is 5.10 Å². The van der Waals surface area contributed by atoms with Crippen molar-refractivity contribution in [3.63, 3.8) is 0 Å². The standard InChI is InChI=1S/C7H9BrN2O2/c1-2-3-10-6(8)5(4-9-10)7(11)12/h4H,2-3H2,1H3,(H,11,12). The SMILES string of the molecule is CCCn1ncc(C(=O)O)c1Br. The first-order valence-corrected chi connectivity index (χ1v) is 4.40. The van der Waals surface area contributed by atoms with Crippen molar-refractivity contribution >= 4 is 21.9 Å². The van der Waals surface area contributed by atoms with E-state index in [1.165, 1.54) is 6.20 Å². The van der Waals surface area contributed by atoms with Gasteiger partial charge in [-0.05, 0) is 22.4 Å². The highest BCUT2D eigenvalue weighted by atomic mass is 79.9. The van der Waals surface area contributed by atoms with Crippen LogP contribution >= 0.6 is 15.9 Å². The van der Waals surface area contributed by atoms with E-state index < -0.39 is 5.97 Å². The summed E-state index contributed by atoms with van der Waals surface area (Å²) in [5.74, 6) is -0.954. The van der Waals surface area contributed by atoms with Crippen LogP contribution < -0.4 is 0 Å². The summed E-state index contributed by atoms with van der Waals surface area (Å²) in [4.78, 5) is 10.6. The molecule has 4 nitrogen and oxygen atoms in total. The summed E-state index contributed by atoms with van der Waals surface area (Å²) < 4.78 is 2.17. The number of aryl methyl sites for hydroxylation is 1. The first-order valence-electron chi connectivity index (χ1n) is 3.61. The normalized spacial score (nSPS) is 10.2. The van der Waals surface area contributed by atoms with Gasteiger partial charge in [0, 0.05) is 6.54 Å². The molecule has 0 aliphatic rings. The molecule has 0 aliphatic carbocycles. The molecule has 0 aromatic carbocycles. The zero-order chi connectivity index (χ0) is 9.14. The fourth-order valence-electron chi connectivity index (χ4n) is 0.882. The van der Waals surface area contributed by atoms with E-state index in [1.54, 1.807) is 4.68 Å². The summed E-state index contributed by atoms with van der Waals surface area (Å²) in [5.41, 5.74) is 0.212. The molecule has 0 amide bonds. The van der Waals surface area contributed by atoms with Crippen LogP contribution in [0.25, 0.3) is 0 Å². The fourth-order valence-corrected chi connectivity index (χ4v) is 1.42. The third-order valence-corrected chi connectivity index (χ3v) is 2.28. The van der Waals surface area contributed by atoms with Gasteiger partial charge in [0.2, 0.25) is 0 Å². The van der Waals surface area contributed by atoms with Crippen LogP contribution in [0.2, 0.25) is 0 Å². The van der Waals surface area contributed by atoms with Gasteiger partial charge in [0.15, 0.2) is 0 Å². The molecule has 0 aliphatic heterocycles. The van der Waals surface area contributed by atoms with Gasteiger partial charge in [0.25, 0.3) is 0 Å². The number of hydrogen-bond donors (Lipinski definition) is 1. The number of nitrogens with zero attached hydrogens (tertiary/aromatic N) is 2. The average molecular weight is 233 g/mol. The van der Waals surface area contributed by atoms with Gasteiger partial charge in [0.05, 0.1) is 6.20 Å². The lowest BCUT2D eigenvalue weighted by atomic mass is 10.4. The van der Waals surface area contributed by atoms with Crippen LogP contribution in [0.5, 0.6) is 0 Å². The second-order valence-corrected chi connectivity index (χ2v) is 3.13. The molecule has 5 heteroatoms. The first kappa shape index (κ1) is 9.25. The molecule has 0 saturated carbocycles. The Bertz CT molecular complexity index is 296. The summed E-state index contributed by atoms with van der Waals surface area (Å²) >= 11 is 3.17. The van der Waals surface area contributed by atoms with E-state index in [9.17, 15) is 4.79 Å². The molecular formula is C7H9BrN2O2. The number of aromatic carboxylic acids is 1. The molecular weight excluding hydrogens is 224 g/mol. The van der Waals surface area contributed by atoms with E-state index in [0.717, 1.165) is 13.0 Å². The van der Waals surface area contributed by atoms with Crippen LogP contribution in [-0.4, -0.2) is 20.9 Å². The molecule has 0 spiro atoms. The Labute approximate surface area is 78.3 Å². The molecule has 1 aromatic heterocycles. The number of carbonyl (C=O) groups is 1. The summed E-state index contributed by atoms with van der Waals surface area (Å²) in [7, 11) is 0. The smallest absolute Gasteiger partial charge is 0.340 e. The monoisotopic (exact) mass is 232 g/mol. The van der Waals surface area contributed by atoms with Gasteiger partial charge < -0.3 is 5.11 Å². The predicted octanol–water partition coefficient (Wildman–Crippen LogP) is 1.75. The van der Waals surface area contributed by atoms with Crippen molar-refractivity contribution in [1.29, 1.82) is 0 Å². The molecule has 12 heavy (non-hydrogen) atoms. The predicted molar refractivity (Wildman–Crippen MR) is 47.2 cm³/mol. The van der Waals surface area contributed by atoms with E-state index >= 15 is 0 Å². The minimum absolute atomic E-state index is 0.212. The van der Waals surface area contributed by atoms with Crippen LogP contribution in [0.15, 0.2) is 10.8 Å². The molecule has 1 heterocycles.